The molecule has 1 aliphatic heterocycles. The van der Waals surface area contributed by atoms with Crippen molar-refractivity contribution in [2.45, 2.75) is 26.4 Å². The summed E-state index contributed by atoms with van der Waals surface area (Å²) in [6, 6.07) is 6.36. The number of hydrogen-bond acceptors (Lipinski definition) is 5. The minimum atomic E-state index is -0.919. The molecule has 1 saturated heterocycles. The van der Waals surface area contributed by atoms with Gasteiger partial charge in [-0.25, -0.2) is 4.79 Å². The molecule has 1 aliphatic rings. The largest absolute Gasteiger partial charge is 0.497 e. The molecule has 2 atom stereocenters. The first kappa shape index (κ1) is 16.0. The average molecular weight is 305 g/mol. The van der Waals surface area contributed by atoms with E-state index < -0.39 is 17.9 Å². The zero-order valence-electron chi connectivity index (χ0n) is 12.9. The van der Waals surface area contributed by atoms with E-state index in [9.17, 15) is 14.4 Å². The highest BCUT2D eigenvalue weighted by atomic mass is 16.5. The summed E-state index contributed by atoms with van der Waals surface area (Å²) in [5, 5.41) is 0. The van der Waals surface area contributed by atoms with E-state index in [4.69, 9.17) is 9.47 Å². The van der Waals surface area contributed by atoms with Crippen molar-refractivity contribution in [2.24, 2.45) is 5.92 Å². The summed E-state index contributed by atoms with van der Waals surface area (Å²) >= 11 is 0. The topological polar surface area (TPSA) is 72.9 Å². The number of carbonyl (C=O) groups excluding carboxylic acids is 3. The van der Waals surface area contributed by atoms with E-state index >= 15 is 0 Å². The van der Waals surface area contributed by atoms with Crippen molar-refractivity contribution in [2.75, 3.05) is 13.7 Å². The van der Waals surface area contributed by atoms with Crippen molar-refractivity contribution in [1.29, 1.82) is 0 Å². The van der Waals surface area contributed by atoms with Gasteiger partial charge < -0.3 is 14.4 Å². The third-order valence-electron chi connectivity index (χ3n) is 3.68. The Balaban J connectivity index is 2.15. The van der Waals surface area contributed by atoms with E-state index in [1.54, 1.807) is 26.2 Å². The van der Waals surface area contributed by atoms with Crippen molar-refractivity contribution in [3.05, 3.63) is 29.8 Å². The molecular weight excluding hydrogens is 286 g/mol. The summed E-state index contributed by atoms with van der Waals surface area (Å²) in [4.78, 5) is 37.1. The maximum absolute atomic E-state index is 12.1. The molecule has 6 heteroatoms. The molecule has 22 heavy (non-hydrogen) atoms. The number of benzene rings is 1. The van der Waals surface area contributed by atoms with Gasteiger partial charge in [0.05, 0.1) is 13.7 Å². The van der Waals surface area contributed by atoms with Gasteiger partial charge in [-0.3, -0.25) is 9.59 Å². The molecule has 1 amide bonds. The predicted octanol–water partition coefficient (Wildman–Crippen LogP) is 1.17. The van der Waals surface area contributed by atoms with Crippen molar-refractivity contribution in [1.82, 2.24) is 4.90 Å². The Morgan fingerprint density at radius 3 is 2.36 bits per heavy atom. The summed E-state index contributed by atoms with van der Waals surface area (Å²) in [5.41, 5.74) is 0.852. The number of ketones is 1. The van der Waals surface area contributed by atoms with Crippen LogP contribution in [0.25, 0.3) is 0 Å². The van der Waals surface area contributed by atoms with Gasteiger partial charge >= 0.3 is 5.97 Å². The van der Waals surface area contributed by atoms with Crippen LogP contribution < -0.4 is 4.74 Å². The second-order valence-corrected chi connectivity index (χ2v) is 5.10. The normalized spacial score (nSPS) is 20.3. The molecule has 0 aliphatic carbocycles. The summed E-state index contributed by atoms with van der Waals surface area (Å²) in [6.45, 7) is 3.48. The van der Waals surface area contributed by atoms with Crippen LogP contribution in [-0.4, -0.2) is 42.3 Å². The van der Waals surface area contributed by atoms with Crippen LogP contribution in [0.4, 0.5) is 0 Å². The Labute approximate surface area is 129 Å². The zero-order chi connectivity index (χ0) is 16.3. The summed E-state index contributed by atoms with van der Waals surface area (Å²) < 4.78 is 10.1. The molecular formula is C16H19NO5. The number of rotatable bonds is 6. The van der Waals surface area contributed by atoms with Crippen LogP contribution >= 0.6 is 0 Å². The molecule has 1 aromatic carbocycles. The van der Waals surface area contributed by atoms with Gasteiger partial charge in [0.25, 0.3) is 0 Å². The number of hydrogen-bond donors (Lipinski definition) is 0. The van der Waals surface area contributed by atoms with Crippen LogP contribution in [-0.2, 0) is 25.7 Å². The van der Waals surface area contributed by atoms with Gasteiger partial charge in [-0.1, -0.05) is 12.1 Å². The molecule has 1 fully saturated rings. The van der Waals surface area contributed by atoms with Crippen LogP contribution in [0.3, 0.4) is 0 Å². The highest BCUT2D eigenvalue weighted by Crippen LogP contribution is 2.30. The molecule has 0 radical (unpaired) electrons. The van der Waals surface area contributed by atoms with Crippen LogP contribution in [0.1, 0.15) is 19.4 Å². The second-order valence-electron chi connectivity index (χ2n) is 5.10. The highest BCUT2D eigenvalue weighted by molar-refractivity contribution is 6.11. The van der Waals surface area contributed by atoms with Crippen molar-refractivity contribution >= 4 is 17.7 Å². The maximum Gasteiger partial charge on any atom is 0.330 e. The SMILES string of the molecule is CCOC(=O)[C@H]1[C@@H](C(C)=O)C(=O)N1Cc1ccc(OC)cc1. The Kier molecular flexibility index (Phi) is 4.80. The Hall–Kier alpha value is -2.37. The van der Waals surface area contributed by atoms with E-state index in [1.165, 1.54) is 11.8 Å². The first-order valence-electron chi connectivity index (χ1n) is 7.10. The van der Waals surface area contributed by atoms with Crippen LogP contribution in [0.15, 0.2) is 24.3 Å². The van der Waals surface area contributed by atoms with Gasteiger partial charge in [0.1, 0.15) is 23.5 Å². The number of β-lactam (4-membered cyclic amide) rings is 1. The first-order valence-corrected chi connectivity index (χ1v) is 7.10. The number of likely N-dealkylation sites (tertiary alicyclic amines) is 1. The standard InChI is InChI=1S/C16H19NO5/c1-4-22-16(20)14-13(10(2)18)15(19)17(14)9-11-5-7-12(21-3)8-6-11/h5-8,13-14H,4,9H2,1-3H3/t13-,14-/m1/s1. The molecule has 1 heterocycles. The third-order valence-corrected chi connectivity index (χ3v) is 3.68. The van der Waals surface area contributed by atoms with Gasteiger partial charge in [0.2, 0.25) is 5.91 Å². The van der Waals surface area contributed by atoms with Crippen LogP contribution in [0.2, 0.25) is 0 Å². The Bertz CT molecular complexity index is 581. The van der Waals surface area contributed by atoms with Gasteiger partial charge in [0.15, 0.2) is 0 Å². The van der Waals surface area contributed by atoms with E-state index in [0.29, 0.717) is 5.75 Å². The molecule has 0 saturated carbocycles. The molecule has 0 bridgehead atoms. The van der Waals surface area contributed by atoms with E-state index in [-0.39, 0.29) is 24.8 Å². The third kappa shape index (κ3) is 2.95. The monoisotopic (exact) mass is 305 g/mol. The van der Waals surface area contributed by atoms with E-state index in [2.05, 4.69) is 0 Å². The minimum Gasteiger partial charge on any atom is -0.497 e. The predicted molar refractivity (Wildman–Crippen MR) is 78.1 cm³/mol. The number of methoxy groups -OCH3 is 1. The second kappa shape index (κ2) is 6.60. The minimum absolute atomic E-state index is 0.213. The lowest BCUT2D eigenvalue weighted by atomic mass is 9.84. The molecule has 1 aromatic rings. The van der Waals surface area contributed by atoms with Crippen molar-refractivity contribution in [3.8, 4) is 5.75 Å². The Morgan fingerprint density at radius 1 is 1.23 bits per heavy atom. The smallest absolute Gasteiger partial charge is 0.330 e. The number of ether oxygens (including phenoxy) is 2. The fourth-order valence-electron chi connectivity index (χ4n) is 2.54. The molecule has 2 rings (SSSR count). The molecule has 0 unspecified atom stereocenters. The number of amides is 1. The lowest BCUT2D eigenvalue weighted by Gasteiger charge is -2.44. The number of carbonyl (C=O) groups is 3. The van der Waals surface area contributed by atoms with Gasteiger partial charge in [-0.05, 0) is 31.5 Å². The lowest BCUT2D eigenvalue weighted by Crippen LogP contribution is -2.66. The Morgan fingerprint density at radius 2 is 1.86 bits per heavy atom. The molecule has 0 N–H and O–H groups in total. The molecule has 6 nitrogen and oxygen atoms in total. The van der Waals surface area contributed by atoms with Crippen molar-refractivity contribution < 1.29 is 23.9 Å². The van der Waals surface area contributed by atoms with E-state index in [1.807, 2.05) is 12.1 Å². The highest BCUT2D eigenvalue weighted by Gasteiger charge is 2.54. The average Bonchev–Trinajstić information content (AvgIpc) is 2.50. The van der Waals surface area contributed by atoms with Gasteiger partial charge in [-0.2, -0.15) is 0 Å². The fraction of sp³-hybridized carbons (Fsp3) is 0.438. The summed E-state index contributed by atoms with van der Waals surface area (Å²) in [6.07, 6.45) is 0. The van der Waals surface area contributed by atoms with Crippen LogP contribution in [0.5, 0.6) is 5.75 Å². The number of Topliss-reactive ketones (excluding diaryl/α,β-unsaturated/α-hetero) is 1. The number of esters is 1. The van der Waals surface area contributed by atoms with E-state index in [0.717, 1.165) is 5.56 Å². The summed E-state index contributed by atoms with van der Waals surface area (Å²) in [7, 11) is 1.57. The quantitative estimate of drug-likeness (QED) is 0.448. The lowest BCUT2D eigenvalue weighted by molar-refractivity contribution is -0.177. The number of nitrogens with zero attached hydrogens (tertiary/aromatic N) is 1. The van der Waals surface area contributed by atoms with Crippen molar-refractivity contribution in [3.63, 3.8) is 0 Å². The van der Waals surface area contributed by atoms with Crippen LogP contribution in [0, 0.1) is 5.92 Å². The molecule has 0 spiro atoms. The first-order chi connectivity index (χ1) is 10.5. The van der Waals surface area contributed by atoms with Gasteiger partial charge in [-0.15, -0.1) is 0 Å². The fourth-order valence-corrected chi connectivity index (χ4v) is 2.54. The zero-order valence-corrected chi connectivity index (χ0v) is 12.9. The molecule has 118 valence electrons. The molecule has 0 aromatic heterocycles. The van der Waals surface area contributed by atoms with Gasteiger partial charge in [0, 0.05) is 6.54 Å². The maximum atomic E-state index is 12.1. The summed E-state index contributed by atoms with van der Waals surface area (Å²) in [5.74, 6) is -1.38.